The Morgan fingerprint density at radius 1 is 1.35 bits per heavy atom. The molecule has 0 fully saturated rings. The van der Waals surface area contributed by atoms with Crippen molar-refractivity contribution in [3.8, 4) is 16.3 Å². The van der Waals surface area contributed by atoms with Crippen LogP contribution in [0.25, 0.3) is 15.5 Å². The lowest BCUT2D eigenvalue weighted by atomic mass is 10.2. The molecular weight excluding hydrogens is 278 g/mol. The second-order valence-corrected chi connectivity index (χ2v) is 5.08. The van der Waals surface area contributed by atoms with E-state index in [-0.39, 0.29) is 6.61 Å². The van der Waals surface area contributed by atoms with Crippen molar-refractivity contribution in [3.63, 3.8) is 0 Å². The summed E-state index contributed by atoms with van der Waals surface area (Å²) >= 11 is 1.46. The number of carbonyl (C=O) groups is 1. The largest absolute Gasteiger partial charge is 0.484 e. The van der Waals surface area contributed by atoms with E-state index in [9.17, 15) is 4.79 Å². The molecule has 8 heteroatoms. The minimum absolute atomic E-state index is 0.130. The number of hydrogen-bond acceptors (Lipinski definition) is 6. The zero-order valence-electron chi connectivity index (χ0n) is 10.6. The Morgan fingerprint density at radius 2 is 2.10 bits per heavy atom. The maximum atomic E-state index is 10.6. The highest BCUT2D eigenvalue weighted by molar-refractivity contribution is 7.19. The first-order chi connectivity index (χ1) is 9.63. The lowest BCUT2D eigenvalue weighted by Gasteiger charge is -2.03. The molecule has 0 aliphatic rings. The summed E-state index contributed by atoms with van der Waals surface area (Å²) in [7, 11) is 0. The van der Waals surface area contributed by atoms with Crippen molar-refractivity contribution in [3.05, 3.63) is 30.1 Å². The fraction of sp³-hybridized carbons (Fsp3) is 0.167. The number of benzene rings is 1. The van der Waals surface area contributed by atoms with Gasteiger partial charge in [-0.2, -0.15) is 9.61 Å². The Bertz CT molecular complexity index is 762. The van der Waals surface area contributed by atoms with Gasteiger partial charge in [-0.3, -0.25) is 4.79 Å². The fourth-order valence-electron chi connectivity index (χ4n) is 1.68. The highest BCUT2D eigenvalue weighted by Crippen LogP contribution is 2.26. The summed E-state index contributed by atoms with van der Waals surface area (Å²) in [5.74, 6) is 0.842. The van der Waals surface area contributed by atoms with Crippen LogP contribution < -0.4 is 10.5 Å². The van der Waals surface area contributed by atoms with Gasteiger partial charge in [0.25, 0.3) is 5.91 Å². The lowest BCUT2D eigenvalue weighted by molar-refractivity contribution is -0.119. The number of rotatable bonds is 4. The van der Waals surface area contributed by atoms with Crippen LogP contribution in [0.15, 0.2) is 24.3 Å². The van der Waals surface area contributed by atoms with Gasteiger partial charge >= 0.3 is 0 Å². The Hall–Kier alpha value is -2.48. The molecule has 1 aromatic carbocycles. The highest BCUT2D eigenvalue weighted by Gasteiger charge is 2.10. The standard InChI is InChI=1S/C12H11N5O2S/c1-7-14-15-12-17(7)16-11(20-12)8-2-4-9(5-3-8)19-6-10(13)18/h2-5H,6H2,1H3,(H2,13,18). The summed E-state index contributed by atoms with van der Waals surface area (Å²) in [5.41, 5.74) is 5.97. The van der Waals surface area contributed by atoms with Crippen molar-refractivity contribution in [2.75, 3.05) is 6.61 Å². The van der Waals surface area contributed by atoms with E-state index in [0.29, 0.717) is 5.75 Å². The van der Waals surface area contributed by atoms with Gasteiger partial charge in [-0.25, -0.2) is 0 Å². The number of hydrogen-bond donors (Lipinski definition) is 1. The number of aromatic nitrogens is 4. The third kappa shape index (κ3) is 2.32. The number of ether oxygens (including phenoxy) is 1. The van der Waals surface area contributed by atoms with Gasteiger partial charge in [0.05, 0.1) is 0 Å². The van der Waals surface area contributed by atoms with Crippen LogP contribution in [-0.4, -0.2) is 32.3 Å². The zero-order chi connectivity index (χ0) is 14.1. The molecule has 0 spiro atoms. The van der Waals surface area contributed by atoms with E-state index in [2.05, 4.69) is 15.3 Å². The average Bonchev–Trinajstić information content (AvgIpc) is 3.00. The summed E-state index contributed by atoms with van der Waals surface area (Å²) in [6, 6.07) is 7.29. The Labute approximate surface area is 118 Å². The van der Waals surface area contributed by atoms with E-state index in [1.54, 1.807) is 16.6 Å². The van der Waals surface area contributed by atoms with Crippen LogP contribution in [-0.2, 0) is 4.79 Å². The predicted molar refractivity (Wildman–Crippen MR) is 73.5 cm³/mol. The summed E-state index contributed by atoms with van der Waals surface area (Å²) in [6.07, 6.45) is 0. The number of carbonyl (C=O) groups excluding carboxylic acids is 1. The van der Waals surface area contributed by atoms with Gasteiger partial charge in [0, 0.05) is 5.56 Å². The number of aryl methyl sites for hydroxylation is 1. The van der Waals surface area contributed by atoms with Gasteiger partial charge in [0.2, 0.25) is 4.96 Å². The molecule has 0 saturated heterocycles. The monoisotopic (exact) mass is 289 g/mol. The third-order valence-electron chi connectivity index (χ3n) is 2.63. The molecule has 102 valence electrons. The first-order valence-corrected chi connectivity index (χ1v) is 6.65. The minimum Gasteiger partial charge on any atom is -0.484 e. The molecule has 20 heavy (non-hydrogen) atoms. The maximum Gasteiger partial charge on any atom is 0.255 e. The normalized spacial score (nSPS) is 10.8. The number of nitrogens with two attached hydrogens (primary N) is 1. The molecule has 0 radical (unpaired) electrons. The van der Waals surface area contributed by atoms with Crippen molar-refractivity contribution in [2.45, 2.75) is 6.92 Å². The number of nitrogens with zero attached hydrogens (tertiary/aromatic N) is 4. The average molecular weight is 289 g/mol. The molecule has 2 aromatic heterocycles. The molecule has 7 nitrogen and oxygen atoms in total. The topological polar surface area (TPSA) is 95.4 Å². The van der Waals surface area contributed by atoms with Crippen LogP contribution in [0.3, 0.4) is 0 Å². The molecule has 2 heterocycles. The van der Waals surface area contributed by atoms with Crippen molar-refractivity contribution in [1.82, 2.24) is 19.8 Å². The van der Waals surface area contributed by atoms with Crippen molar-refractivity contribution in [1.29, 1.82) is 0 Å². The maximum absolute atomic E-state index is 10.6. The predicted octanol–water partition coefficient (Wildman–Crippen LogP) is 1.03. The second-order valence-electron chi connectivity index (χ2n) is 4.13. The highest BCUT2D eigenvalue weighted by atomic mass is 32.1. The van der Waals surface area contributed by atoms with Gasteiger partial charge in [0.15, 0.2) is 12.4 Å². The van der Waals surface area contributed by atoms with Crippen LogP contribution in [0, 0.1) is 6.92 Å². The van der Waals surface area contributed by atoms with Gasteiger partial charge in [-0.1, -0.05) is 11.3 Å². The number of primary amides is 1. The van der Waals surface area contributed by atoms with Gasteiger partial charge < -0.3 is 10.5 Å². The van der Waals surface area contributed by atoms with Crippen LogP contribution >= 0.6 is 11.3 Å². The van der Waals surface area contributed by atoms with Crippen LogP contribution in [0.2, 0.25) is 0 Å². The molecule has 2 N–H and O–H groups in total. The van der Waals surface area contributed by atoms with Gasteiger partial charge in [-0.05, 0) is 31.2 Å². The first kappa shape index (κ1) is 12.5. The van der Waals surface area contributed by atoms with Crippen molar-refractivity contribution < 1.29 is 9.53 Å². The summed E-state index contributed by atoms with van der Waals surface area (Å²) in [6.45, 7) is 1.72. The zero-order valence-corrected chi connectivity index (χ0v) is 11.4. The molecule has 3 rings (SSSR count). The molecule has 0 aliphatic carbocycles. The van der Waals surface area contributed by atoms with E-state index >= 15 is 0 Å². The third-order valence-corrected chi connectivity index (χ3v) is 3.58. The Kier molecular flexibility index (Phi) is 3.07. The summed E-state index contributed by atoms with van der Waals surface area (Å²) < 4.78 is 6.91. The van der Waals surface area contributed by atoms with E-state index in [0.717, 1.165) is 21.4 Å². The molecule has 0 bridgehead atoms. The molecule has 0 unspecified atom stereocenters. The van der Waals surface area contributed by atoms with E-state index < -0.39 is 5.91 Å². The SMILES string of the molecule is Cc1nnc2sc(-c3ccc(OCC(N)=O)cc3)nn12. The number of amides is 1. The molecule has 0 saturated carbocycles. The lowest BCUT2D eigenvalue weighted by Crippen LogP contribution is -2.19. The Morgan fingerprint density at radius 3 is 2.75 bits per heavy atom. The molecule has 0 aliphatic heterocycles. The fourth-order valence-corrected chi connectivity index (χ4v) is 2.57. The second kappa shape index (κ2) is 4.89. The van der Waals surface area contributed by atoms with E-state index in [1.807, 2.05) is 19.1 Å². The first-order valence-electron chi connectivity index (χ1n) is 5.84. The minimum atomic E-state index is -0.502. The van der Waals surface area contributed by atoms with Crippen LogP contribution in [0.5, 0.6) is 5.75 Å². The molecular formula is C12H11N5O2S. The molecule has 1 amide bonds. The van der Waals surface area contributed by atoms with E-state index in [4.69, 9.17) is 10.5 Å². The van der Waals surface area contributed by atoms with E-state index in [1.165, 1.54) is 11.3 Å². The van der Waals surface area contributed by atoms with Gasteiger partial charge in [-0.15, -0.1) is 10.2 Å². The smallest absolute Gasteiger partial charge is 0.255 e. The van der Waals surface area contributed by atoms with Crippen molar-refractivity contribution >= 4 is 22.2 Å². The summed E-state index contributed by atoms with van der Waals surface area (Å²) in [4.78, 5) is 11.4. The molecule has 3 aromatic rings. The Balaban J connectivity index is 1.84. The van der Waals surface area contributed by atoms with Crippen LogP contribution in [0.4, 0.5) is 0 Å². The molecule has 0 atom stereocenters. The quantitative estimate of drug-likeness (QED) is 0.773. The number of fused-ring (bicyclic) bond motifs is 1. The van der Waals surface area contributed by atoms with Crippen LogP contribution in [0.1, 0.15) is 5.82 Å². The summed E-state index contributed by atoms with van der Waals surface area (Å²) in [5, 5.41) is 13.3. The van der Waals surface area contributed by atoms with Crippen molar-refractivity contribution in [2.24, 2.45) is 5.73 Å². The van der Waals surface area contributed by atoms with Gasteiger partial charge in [0.1, 0.15) is 10.8 Å².